The van der Waals surface area contributed by atoms with Gasteiger partial charge in [0.15, 0.2) is 0 Å². The number of rotatable bonds is 9. The van der Waals surface area contributed by atoms with Crippen LogP contribution in [0.2, 0.25) is 0 Å². The first-order chi connectivity index (χ1) is 8.38. The Kier molecular flexibility index (Phi) is 7.07. The minimum Gasteiger partial charge on any atom is -0.365 e. The molecule has 0 aliphatic rings. The van der Waals surface area contributed by atoms with Gasteiger partial charge >= 0.3 is 0 Å². The molecule has 0 aliphatic carbocycles. The molecule has 0 saturated carbocycles. The van der Waals surface area contributed by atoms with E-state index in [-0.39, 0.29) is 10.7 Å². The summed E-state index contributed by atoms with van der Waals surface area (Å²) in [6, 6.07) is 0. The first-order valence-electron chi connectivity index (χ1n) is 7.06. The molecule has 0 amide bonds. The molecule has 0 saturated heterocycles. The van der Waals surface area contributed by atoms with Gasteiger partial charge in [0, 0.05) is 24.0 Å². The third-order valence-corrected chi connectivity index (χ3v) is 3.94. The molecule has 3 nitrogen and oxygen atoms in total. The van der Waals surface area contributed by atoms with Gasteiger partial charge in [-0.3, -0.25) is 4.79 Å². The van der Waals surface area contributed by atoms with Crippen molar-refractivity contribution in [1.29, 1.82) is 0 Å². The van der Waals surface area contributed by atoms with Gasteiger partial charge in [0.05, 0.1) is 0 Å². The Morgan fingerprint density at radius 3 is 2.00 bits per heavy atom. The van der Waals surface area contributed by atoms with E-state index in [1.165, 1.54) is 0 Å². The normalized spacial score (nSPS) is 13.7. The SMILES string of the molecule is CC(C)(S)OCCCCCC(=O)C(C)(C)C(C)(C)N. The minimum absolute atomic E-state index is 0.246. The number of thiol groups is 1. The molecule has 0 aromatic heterocycles. The van der Waals surface area contributed by atoms with Crippen molar-refractivity contribution in [3.63, 3.8) is 0 Å². The van der Waals surface area contributed by atoms with Crippen LogP contribution in [0.15, 0.2) is 0 Å². The highest BCUT2D eigenvalue weighted by Crippen LogP contribution is 2.31. The Morgan fingerprint density at radius 2 is 1.58 bits per heavy atom. The molecule has 0 bridgehead atoms. The lowest BCUT2D eigenvalue weighted by Gasteiger charge is -2.37. The lowest BCUT2D eigenvalue weighted by atomic mass is 9.71. The van der Waals surface area contributed by atoms with Crippen molar-refractivity contribution in [2.45, 2.75) is 77.7 Å². The molecule has 0 aliphatic heterocycles. The summed E-state index contributed by atoms with van der Waals surface area (Å²) in [5.74, 6) is 0.246. The fourth-order valence-corrected chi connectivity index (χ4v) is 1.65. The maximum absolute atomic E-state index is 12.2. The Bertz CT molecular complexity index is 288. The smallest absolute Gasteiger partial charge is 0.140 e. The summed E-state index contributed by atoms with van der Waals surface area (Å²) >= 11 is 4.29. The predicted molar refractivity (Wildman–Crippen MR) is 84.5 cm³/mol. The van der Waals surface area contributed by atoms with Crippen LogP contribution < -0.4 is 5.73 Å². The fraction of sp³-hybridized carbons (Fsp3) is 0.933. The molecular weight excluding hydrogens is 258 g/mol. The molecule has 0 spiro atoms. The van der Waals surface area contributed by atoms with Gasteiger partial charge in [-0.25, -0.2) is 0 Å². The quantitative estimate of drug-likeness (QED) is 0.388. The predicted octanol–water partition coefficient (Wildman–Crippen LogP) is 3.56. The molecule has 0 aromatic carbocycles. The average Bonchev–Trinajstić information content (AvgIpc) is 2.19. The Hall–Kier alpha value is -0.0600. The highest BCUT2D eigenvalue weighted by molar-refractivity contribution is 7.81. The second-order valence-electron chi connectivity index (χ2n) is 6.88. The second kappa shape index (κ2) is 7.09. The van der Waals surface area contributed by atoms with Crippen molar-refractivity contribution >= 4 is 18.4 Å². The summed E-state index contributed by atoms with van der Waals surface area (Å²) in [6.07, 6.45) is 3.45. The third kappa shape index (κ3) is 7.33. The first kappa shape index (κ1) is 18.9. The van der Waals surface area contributed by atoms with Crippen LogP contribution in [0.4, 0.5) is 0 Å². The lowest BCUT2D eigenvalue weighted by molar-refractivity contribution is -0.130. The number of unbranched alkanes of at least 4 members (excludes halogenated alkanes) is 2. The van der Waals surface area contributed by atoms with Gasteiger partial charge in [0.25, 0.3) is 0 Å². The highest BCUT2D eigenvalue weighted by atomic mass is 32.1. The molecule has 19 heavy (non-hydrogen) atoms. The number of carbonyl (C=O) groups is 1. The van der Waals surface area contributed by atoms with Gasteiger partial charge in [-0.05, 0) is 40.5 Å². The van der Waals surface area contributed by atoms with Gasteiger partial charge in [-0.15, -0.1) is 12.6 Å². The maximum Gasteiger partial charge on any atom is 0.140 e. The Labute approximate surface area is 124 Å². The molecule has 0 radical (unpaired) electrons. The van der Waals surface area contributed by atoms with Crippen molar-refractivity contribution < 1.29 is 9.53 Å². The number of nitrogens with two attached hydrogens (primary N) is 1. The minimum atomic E-state index is -0.483. The molecule has 0 unspecified atom stereocenters. The van der Waals surface area contributed by atoms with E-state index in [1.54, 1.807) is 0 Å². The van der Waals surface area contributed by atoms with Crippen LogP contribution in [0.25, 0.3) is 0 Å². The number of ketones is 1. The summed E-state index contributed by atoms with van der Waals surface area (Å²) in [4.78, 5) is 11.8. The molecule has 0 rings (SSSR count). The van der Waals surface area contributed by atoms with E-state index < -0.39 is 11.0 Å². The van der Waals surface area contributed by atoms with Gasteiger partial charge in [-0.2, -0.15) is 0 Å². The Balaban J connectivity index is 3.88. The van der Waals surface area contributed by atoms with Gasteiger partial charge < -0.3 is 10.5 Å². The number of hydrogen-bond acceptors (Lipinski definition) is 4. The number of ether oxygens (including phenoxy) is 1. The lowest BCUT2D eigenvalue weighted by Crippen LogP contribution is -2.51. The molecule has 0 atom stereocenters. The van der Waals surface area contributed by atoms with Gasteiger partial charge in [0.1, 0.15) is 10.7 Å². The van der Waals surface area contributed by atoms with Crippen LogP contribution in [0.5, 0.6) is 0 Å². The second-order valence-corrected chi connectivity index (χ2v) is 7.95. The maximum atomic E-state index is 12.2. The van der Waals surface area contributed by atoms with Crippen LogP contribution >= 0.6 is 12.6 Å². The van der Waals surface area contributed by atoms with E-state index in [9.17, 15) is 4.79 Å². The molecule has 4 heteroatoms. The standard InChI is InChI=1S/C15H31NO2S/c1-13(2,14(3,4)16)12(17)10-8-7-9-11-18-15(5,6)19/h19H,7-11,16H2,1-6H3. The van der Waals surface area contributed by atoms with E-state index >= 15 is 0 Å². The number of carbonyl (C=O) groups excluding carboxylic acids is 1. The van der Waals surface area contributed by atoms with Crippen LogP contribution in [0.1, 0.15) is 67.2 Å². The summed E-state index contributed by atoms with van der Waals surface area (Å²) in [6.45, 7) is 12.2. The molecular formula is C15H31NO2S. The molecule has 2 N–H and O–H groups in total. The Morgan fingerprint density at radius 1 is 1.05 bits per heavy atom. The summed E-state index contributed by atoms with van der Waals surface area (Å²) in [5, 5.41) is 0. The van der Waals surface area contributed by atoms with Crippen LogP contribution in [0.3, 0.4) is 0 Å². The molecule has 0 heterocycles. The van der Waals surface area contributed by atoms with E-state index in [4.69, 9.17) is 10.5 Å². The van der Waals surface area contributed by atoms with Crippen LogP contribution in [-0.2, 0) is 9.53 Å². The number of hydrogen-bond donors (Lipinski definition) is 2. The molecule has 114 valence electrons. The van der Waals surface area contributed by atoms with E-state index in [1.807, 2.05) is 41.5 Å². The van der Waals surface area contributed by atoms with Gasteiger partial charge in [0.2, 0.25) is 0 Å². The molecule has 0 aromatic rings. The zero-order chi connectivity index (χ0) is 15.3. The summed E-state index contributed by atoms with van der Waals surface area (Å²) in [7, 11) is 0. The van der Waals surface area contributed by atoms with Crippen molar-refractivity contribution in [2.24, 2.45) is 11.1 Å². The summed E-state index contributed by atoms with van der Waals surface area (Å²) < 4.78 is 5.52. The highest BCUT2D eigenvalue weighted by Gasteiger charge is 2.39. The van der Waals surface area contributed by atoms with Crippen LogP contribution in [-0.4, -0.2) is 22.9 Å². The number of Topliss-reactive ketones (excluding diaryl/α,β-unsaturated/α-hetero) is 1. The monoisotopic (exact) mass is 289 g/mol. The molecule has 0 fully saturated rings. The first-order valence-corrected chi connectivity index (χ1v) is 7.51. The van der Waals surface area contributed by atoms with E-state index in [2.05, 4.69) is 12.6 Å². The van der Waals surface area contributed by atoms with Crippen LogP contribution in [0, 0.1) is 5.41 Å². The van der Waals surface area contributed by atoms with Crippen molar-refractivity contribution in [2.75, 3.05) is 6.61 Å². The van der Waals surface area contributed by atoms with Gasteiger partial charge in [-0.1, -0.05) is 20.3 Å². The van der Waals surface area contributed by atoms with Crippen molar-refractivity contribution in [3.05, 3.63) is 0 Å². The summed E-state index contributed by atoms with van der Waals surface area (Å²) in [5.41, 5.74) is 5.11. The topological polar surface area (TPSA) is 52.3 Å². The van der Waals surface area contributed by atoms with Crippen molar-refractivity contribution in [1.82, 2.24) is 0 Å². The van der Waals surface area contributed by atoms with E-state index in [0.717, 1.165) is 19.3 Å². The fourth-order valence-electron chi connectivity index (χ4n) is 1.56. The van der Waals surface area contributed by atoms with Crippen molar-refractivity contribution in [3.8, 4) is 0 Å². The zero-order valence-electron chi connectivity index (χ0n) is 13.4. The zero-order valence-corrected chi connectivity index (χ0v) is 14.3. The average molecular weight is 289 g/mol. The largest absolute Gasteiger partial charge is 0.365 e. The van der Waals surface area contributed by atoms with E-state index in [0.29, 0.717) is 13.0 Å². The third-order valence-electron chi connectivity index (χ3n) is 3.81.